The molecular weight excluding hydrogens is 291 g/mol. The van der Waals surface area contributed by atoms with Gasteiger partial charge in [0.05, 0.1) is 10.8 Å². The number of hydrogen-bond acceptors (Lipinski definition) is 3. The highest BCUT2D eigenvalue weighted by Gasteiger charge is 2.24. The molecule has 1 aromatic heterocycles. The predicted molar refractivity (Wildman–Crippen MR) is 76.2 cm³/mol. The van der Waals surface area contributed by atoms with E-state index in [2.05, 4.69) is 4.98 Å². The second-order valence-electron chi connectivity index (χ2n) is 4.81. The van der Waals surface area contributed by atoms with Gasteiger partial charge in [0, 0.05) is 13.1 Å². The number of fused-ring (bicyclic) bond motifs is 1. The molecule has 2 aromatic rings. The molecule has 0 radical (unpaired) electrons. The first-order chi connectivity index (χ1) is 10.1. The summed E-state index contributed by atoms with van der Waals surface area (Å²) in [7, 11) is -1.63. The van der Waals surface area contributed by atoms with Crippen LogP contribution in [0.2, 0.25) is 0 Å². The van der Waals surface area contributed by atoms with Gasteiger partial charge in [-0.25, -0.2) is 4.98 Å². The molecule has 0 spiro atoms. The summed E-state index contributed by atoms with van der Waals surface area (Å²) in [6.45, 7) is 1.06. The average molecular weight is 304 g/mol. The van der Waals surface area contributed by atoms with Crippen LogP contribution in [0.25, 0.3) is 0 Å². The number of aromatic nitrogens is 1. The monoisotopic (exact) mass is 304 g/mol. The number of carbonyl (C=O) groups is 1. The summed E-state index contributed by atoms with van der Waals surface area (Å²) in [5.74, 6) is -1.08. The molecule has 1 aliphatic rings. The third-order valence-electron chi connectivity index (χ3n) is 3.37. The molecule has 4 nitrogen and oxygen atoms in total. The van der Waals surface area contributed by atoms with Crippen LogP contribution in [0.15, 0.2) is 47.5 Å². The zero-order valence-electron chi connectivity index (χ0n) is 11.2. The number of hydrogen-bond donors (Lipinski definition) is 0. The van der Waals surface area contributed by atoms with E-state index in [0.717, 1.165) is 11.1 Å². The van der Waals surface area contributed by atoms with Crippen molar-refractivity contribution < 1.29 is 13.4 Å². The molecule has 1 unspecified atom stereocenters. The topological polar surface area (TPSA) is 50.3 Å². The van der Waals surface area contributed by atoms with Gasteiger partial charge in [0.25, 0.3) is 0 Å². The molecule has 6 heteroatoms. The number of rotatable bonds is 3. The minimum Gasteiger partial charge on any atom is -0.333 e. The van der Waals surface area contributed by atoms with Gasteiger partial charge in [-0.3, -0.25) is 9.00 Å². The zero-order valence-corrected chi connectivity index (χ0v) is 12.0. The standard InChI is InChI=1S/C15H13FN2O2S/c16-13-6-3-7-14(17-13)21(20)10-15(19)18-8-11-4-1-2-5-12(11)9-18/h1-7H,8-10H2. The van der Waals surface area contributed by atoms with Gasteiger partial charge in [0.15, 0.2) is 0 Å². The number of pyridine rings is 1. The van der Waals surface area contributed by atoms with Crippen molar-refractivity contribution in [3.63, 3.8) is 0 Å². The normalized spacial score (nSPS) is 14.8. The molecular formula is C15H13FN2O2S. The molecule has 1 amide bonds. The third-order valence-corrected chi connectivity index (χ3v) is 4.57. The Hall–Kier alpha value is -2.08. The van der Waals surface area contributed by atoms with E-state index in [-0.39, 0.29) is 16.7 Å². The van der Waals surface area contributed by atoms with E-state index in [1.54, 1.807) is 4.90 Å². The Labute approximate surface area is 124 Å². The Morgan fingerprint density at radius 3 is 2.43 bits per heavy atom. The van der Waals surface area contributed by atoms with E-state index in [0.29, 0.717) is 13.1 Å². The first-order valence-electron chi connectivity index (χ1n) is 6.49. The van der Waals surface area contributed by atoms with Gasteiger partial charge >= 0.3 is 0 Å². The van der Waals surface area contributed by atoms with E-state index in [4.69, 9.17) is 0 Å². The van der Waals surface area contributed by atoms with Crippen molar-refractivity contribution in [1.29, 1.82) is 0 Å². The van der Waals surface area contributed by atoms with Gasteiger partial charge in [0.2, 0.25) is 11.9 Å². The van der Waals surface area contributed by atoms with Crippen LogP contribution < -0.4 is 0 Å². The lowest BCUT2D eigenvalue weighted by Gasteiger charge is -2.14. The molecule has 1 aromatic carbocycles. The van der Waals surface area contributed by atoms with E-state index in [1.165, 1.54) is 18.2 Å². The molecule has 21 heavy (non-hydrogen) atoms. The van der Waals surface area contributed by atoms with Crippen LogP contribution in [-0.4, -0.2) is 25.8 Å². The molecule has 2 heterocycles. The van der Waals surface area contributed by atoms with E-state index >= 15 is 0 Å². The van der Waals surface area contributed by atoms with Crippen LogP contribution in [0.3, 0.4) is 0 Å². The number of amides is 1. The lowest BCUT2D eigenvalue weighted by atomic mass is 10.1. The molecule has 0 saturated carbocycles. The average Bonchev–Trinajstić information content (AvgIpc) is 2.91. The zero-order chi connectivity index (χ0) is 14.8. The Bertz CT molecular complexity index is 695. The van der Waals surface area contributed by atoms with Crippen LogP contribution in [0, 0.1) is 5.95 Å². The Balaban J connectivity index is 1.67. The lowest BCUT2D eigenvalue weighted by molar-refractivity contribution is -0.129. The Kier molecular flexibility index (Phi) is 3.79. The van der Waals surface area contributed by atoms with E-state index in [9.17, 15) is 13.4 Å². The van der Waals surface area contributed by atoms with Crippen LogP contribution in [0.1, 0.15) is 11.1 Å². The second kappa shape index (κ2) is 5.73. The summed E-state index contributed by atoms with van der Waals surface area (Å²) in [4.78, 5) is 17.4. The fraction of sp³-hybridized carbons (Fsp3) is 0.200. The summed E-state index contributed by atoms with van der Waals surface area (Å²) in [5.41, 5.74) is 2.22. The maximum Gasteiger partial charge on any atom is 0.236 e. The molecule has 1 atom stereocenters. The van der Waals surface area contributed by atoms with E-state index < -0.39 is 16.7 Å². The summed E-state index contributed by atoms with van der Waals surface area (Å²) in [6.07, 6.45) is 0. The smallest absolute Gasteiger partial charge is 0.236 e. The molecule has 1 aliphatic heterocycles. The predicted octanol–water partition coefficient (Wildman–Crippen LogP) is 1.87. The number of halogens is 1. The van der Waals surface area contributed by atoms with Gasteiger partial charge in [-0.1, -0.05) is 30.3 Å². The van der Waals surface area contributed by atoms with Gasteiger partial charge in [0.1, 0.15) is 10.8 Å². The first-order valence-corrected chi connectivity index (χ1v) is 7.81. The molecule has 0 aliphatic carbocycles. The number of carbonyl (C=O) groups excluding carboxylic acids is 1. The van der Waals surface area contributed by atoms with Crippen LogP contribution in [0.4, 0.5) is 4.39 Å². The first kappa shape index (κ1) is 13.9. The Morgan fingerprint density at radius 2 is 1.81 bits per heavy atom. The van der Waals surface area contributed by atoms with Gasteiger partial charge in [-0.15, -0.1) is 0 Å². The highest BCUT2D eigenvalue weighted by atomic mass is 32.2. The molecule has 108 valence electrons. The van der Waals surface area contributed by atoms with Crippen molar-refractivity contribution in [2.45, 2.75) is 18.1 Å². The van der Waals surface area contributed by atoms with Crippen molar-refractivity contribution in [3.05, 3.63) is 59.5 Å². The molecule has 0 saturated heterocycles. The maximum atomic E-state index is 13.0. The Morgan fingerprint density at radius 1 is 1.14 bits per heavy atom. The fourth-order valence-corrected chi connectivity index (χ4v) is 3.28. The minimum atomic E-state index is -1.63. The molecule has 0 bridgehead atoms. The minimum absolute atomic E-state index is 0.0973. The maximum absolute atomic E-state index is 13.0. The SMILES string of the molecule is O=C(CS(=O)c1cccc(F)n1)N1Cc2ccccc2C1. The number of nitrogens with zero attached hydrogens (tertiary/aromatic N) is 2. The van der Waals surface area contributed by atoms with Crippen LogP contribution >= 0.6 is 0 Å². The third kappa shape index (κ3) is 3.00. The van der Waals surface area contributed by atoms with Crippen molar-refractivity contribution >= 4 is 16.7 Å². The molecule has 3 rings (SSSR count). The molecule has 0 N–H and O–H groups in total. The molecule has 0 fully saturated rings. The van der Waals surface area contributed by atoms with Gasteiger partial charge in [-0.05, 0) is 23.3 Å². The summed E-state index contributed by atoms with van der Waals surface area (Å²) >= 11 is 0. The quantitative estimate of drug-likeness (QED) is 0.814. The van der Waals surface area contributed by atoms with Crippen LogP contribution in [0.5, 0.6) is 0 Å². The summed E-state index contributed by atoms with van der Waals surface area (Å²) < 4.78 is 25.1. The van der Waals surface area contributed by atoms with Crippen molar-refractivity contribution in [1.82, 2.24) is 9.88 Å². The van der Waals surface area contributed by atoms with Gasteiger partial charge in [-0.2, -0.15) is 4.39 Å². The summed E-state index contributed by atoms with van der Waals surface area (Å²) in [5, 5.41) is 0.0973. The summed E-state index contributed by atoms with van der Waals surface area (Å²) in [6, 6.07) is 11.9. The second-order valence-corrected chi connectivity index (χ2v) is 6.20. The van der Waals surface area contributed by atoms with Crippen molar-refractivity contribution in [2.24, 2.45) is 0 Å². The lowest BCUT2D eigenvalue weighted by Crippen LogP contribution is -2.30. The largest absolute Gasteiger partial charge is 0.333 e. The highest BCUT2D eigenvalue weighted by molar-refractivity contribution is 7.85. The fourth-order valence-electron chi connectivity index (χ4n) is 2.30. The van der Waals surface area contributed by atoms with Crippen molar-refractivity contribution in [3.8, 4) is 0 Å². The van der Waals surface area contributed by atoms with Gasteiger partial charge < -0.3 is 4.90 Å². The van der Waals surface area contributed by atoms with Crippen LogP contribution in [-0.2, 0) is 28.7 Å². The van der Waals surface area contributed by atoms with Crippen molar-refractivity contribution in [2.75, 3.05) is 5.75 Å². The van der Waals surface area contributed by atoms with E-state index in [1.807, 2.05) is 24.3 Å². The highest BCUT2D eigenvalue weighted by Crippen LogP contribution is 2.22. The number of benzene rings is 1.